The fraction of sp³-hybridized carbons (Fsp3) is 0.583. The average Bonchev–Trinajstić information content (AvgIpc) is 3.33. The molecule has 0 radical (unpaired) electrons. The molecule has 0 aromatic carbocycles. The zero-order chi connectivity index (χ0) is 27.7. The highest BCUT2D eigenvalue weighted by atomic mass is 16.7. The first kappa shape index (κ1) is 25.4. The molecule has 12 nitrogen and oxygen atoms in total. The van der Waals surface area contributed by atoms with Gasteiger partial charge in [-0.3, -0.25) is 14.4 Å². The van der Waals surface area contributed by atoms with Crippen LogP contribution in [0.2, 0.25) is 0 Å². The van der Waals surface area contributed by atoms with Crippen LogP contribution in [0.25, 0.3) is 5.52 Å². The van der Waals surface area contributed by atoms with Crippen LogP contribution in [-0.2, 0) is 38.9 Å². The van der Waals surface area contributed by atoms with Gasteiger partial charge in [0.1, 0.15) is 30.6 Å². The van der Waals surface area contributed by atoms with Crippen molar-refractivity contribution in [1.82, 2.24) is 14.6 Å². The van der Waals surface area contributed by atoms with Crippen molar-refractivity contribution in [3.8, 4) is 6.07 Å². The smallest absolute Gasteiger partial charge is 0.308 e. The normalized spacial score (nSPS) is 24.1. The highest BCUT2D eigenvalue weighted by Crippen LogP contribution is 2.44. The third kappa shape index (κ3) is 4.97. The first-order chi connectivity index (χ1) is 17.3. The monoisotopic (exact) mass is 502 g/mol. The van der Waals surface area contributed by atoms with E-state index in [0.717, 1.165) is 6.33 Å². The lowest BCUT2D eigenvalue weighted by atomic mass is 9.91. The molecule has 0 aliphatic carbocycles. The molecule has 36 heavy (non-hydrogen) atoms. The fourth-order valence-corrected chi connectivity index (χ4v) is 3.58. The number of nitriles is 1. The van der Waals surface area contributed by atoms with Crippen LogP contribution in [-0.4, -0.2) is 57.4 Å². The van der Waals surface area contributed by atoms with E-state index in [1.165, 1.54) is 10.6 Å². The molecule has 0 amide bonds. The van der Waals surface area contributed by atoms with E-state index in [4.69, 9.17) is 26.1 Å². The van der Waals surface area contributed by atoms with Crippen molar-refractivity contribution in [2.45, 2.75) is 65.5 Å². The van der Waals surface area contributed by atoms with Crippen LogP contribution in [0.3, 0.4) is 0 Å². The predicted octanol–water partition coefficient (Wildman–Crippen LogP) is 1.76. The van der Waals surface area contributed by atoms with Crippen molar-refractivity contribution in [2.24, 2.45) is 17.8 Å². The number of carbonyl (C=O) groups is 3. The summed E-state index contributed by atoms with van der Waals surface area (Å²) in [6, 6.07) is 3.24. The minimum atomic E-state index is -2.11. The molecule has 2 aromatic rings. The van der Waals surface area contributed by atoms with E-state index in [1.54, 1.807) is 41.5 Å². The van der Waals surface area contributed by atoms with Gasteiger partial charge in [-0.25, -0.2) is 9.50 Å². The number of fused-ring (bicyclic) bond motifs is 1. The molecule has 0 saturated carbocycles. The third-order valence-electron chi connectivity index (χ3n) is 5.64. The van der Waals surface area contributed by atoms with Crippen molar-refractivity contribution >= 4 is 29.2 Å². The SMILES string of the molecule is [2H]c1cc([C@]2(C#N)O[C@H](COC(=O)C(C)C)[C@@H](OC(=O)C(C)C)[C@H]2OC(=O)C(C)C)n2ncnc(N)c12. The Kier molecular flexibility index (Phi) is 7.40. The Morgan fingerprint density at radius 3 is 2.36 bits per heavy atom. The van der Waals surface area contributed by atoms with Crippen molar-refractivity contribution in [2.75, 3.05) is 12.3 Å². The summed E-state index contributed by atoms with van der Waals surface area (Å²) in [6.07, 6.45) is -2.87. The zero-order valence-corrected chi connectivity index (χ0v) is 21.0. The Morgan fingerprint density at radius 1 is 1.17 bits per heavy atom. The summed E-state index contributed by atoms with van der Waals surface area (Å²) in [5, 5.41) is 14.6. The summed E-state index contributed by atoms with van der Waals surface area (Å²) < 4.78 is 32.5. The summed E-state index contributed by atoms with van der Waals surface area (Å²) in [4.78, 5) is 41.6. The second-order valence-corrected chi connectivity index (χ2v) is 9.44. The summed E-state index contributed by atoms with van der Waals surface area (Å²) in [5.41, 5.74) is 3.95. The number of anilines is 1. The number of aromatic nitrogens is 3. The van der Waals surface area contributed by atoms with Gasteiger partial charge in [0.15, 0.2) is 18.0 Å². The highest BCUT2D eigenvalue weighted by Gasteiger charge is 2.63. The van der Waals surface area contributed by atoms with Gasteiger partial charge in [-0.15, -0.1) is 0 Å². The first-order valence-electron chi connectivity index (χ1n) is 12.1. The van der Waals surface area contributed by atoms with Gasteiger partial charge in [-0.2, -0.15) is 10.4 Å². The van der Waals surface area contributed by atoms with Crippen LogP contribution in [0.15, 0.2) is 18.4 Å². The summed E-state index contributed by atoms with van der Waals surface area (Å²) in [6.45, 7) is 9.34. The molecule has 1 aliphatic rings. The Hall–Kier alpha value is -3.72. The van der Waals surface area contributed by atoms with Gasteiger partial charge in [0.05, 0.1) is 24.8 Å². The zero-order valence-electron chi connectivity index (χ0n) is 22.0. The van der Waals surface area contributed by atoms with Crippen LogP contribution in [0.5, 0.6) is 0 Å². The van der Waals surface area contributed by atoms with Gasteiger partial charge in [0.2, 0.25) is 5.60 Å². The minimum absolute atomic E-state index is 0.00828. The lowest BCUT2D eigenvalue weighted by molar-refractivity contribution is -0.174. The van der Waals surface area contributed by atoms with E-state index in [-0.39, 0.29) is 29.7 Å². The number of ether oxygens (including phenoxy) is 4. The maximum absolute atomic E-state index is 12.8. The van der Waals surface area contributed by atoms with E-state index in [0.29, 0.717) is 0 Å². The second kappa shape index (κ2) is 10.5. The molecule has 12 heteroatoms. The van der Waals surface area contributed by atoms with Gasteiger partial charge in [0, 0.05) is 0 Å². The number of carbonyl (C=O) groups excluding carboxylic acids is 3. The van der Waals surface area contributed by atoms with E-state index in [1.807, 2.05) is 6.07 Å². The Morgan fingerprint density at radius 2 is 1.78 bits per heavy atom. The summed E-state index contributed by atoms with van der Waals surface area (Å²) >= 11 is 0. The van der Waals surface area contributed by atoms with Crippen molar-refractivity contribution in [3.63, 3.8) is 0 Å². The Labute approximate surface area is 210 Å². The van der Waals surface area contributed by atoms with Crippen LogP contribution in [0.1, 0.15) is 48.6 Å². The molecular formula is C24H31N5O7. The van der Waals surface area contributed by atoms with Crippen LogP contribution >= 0.6 is 0 Å². The van der Waals surface area contributed by atoms with Crippen LogP contribution < -0.4 is 5.73 Å². The molecule has 0 bridgehead atoms. The van der Waals surface area contributed by atoms with E-state index in [9.17, 15) is 19.6 Å². The highest BCUT2D eigenvalue weighted by molar-refractivity contribution is 5.74. The Balaban J connectivity index is 2.20. The number of rotatable bonds is 8. The van der Waals surface area contributed by atoms with Crippen molar-refractivity contribution in [1.29, 1.82) is 5.26 Å². The number of hydrogen-bond acceptors (Lipinski definition) is 11. The molecule has 1 fully saturated rings. The van der Waals surface area contributed by atoms with Gasteiger partial charge in [0.25, 0.3) is 0 Å². The lowest BCUT2D eigenvalue weighted by Gasteiger charge is -2.29. The molecule has 0 spiro atoms. The molecular weight excluding hydrogens is 470 g/mol. The second-order valence-electron chi connectivity index (χ2n) is 9.44. The number of nitrogens with two attached hydrogens (primary N) is 1. The number of nitrogen functional groups attached to an aromatic ring is 1. The lowest BCUT2D eigenvalue weighted by Crippen LogP contribution is -2.47. The summed E-state index contributed by atoms with van der Waals surface area (Å²) in [5.74, 6) is -3.47. The largest absolute Gasteiger partial charge is 0.463 e. The molecule has 1 saturated heterocycles. The van der Waals surface area contributed by atoms with Crippen LogP contribution in [0, 0.1) is 29.1 Å². The number of nitrogens with zero attached hydrogens (tertiary/aromatic N) is 4. The minimum Gasteiger partial charge on any atom is -0.463 e. The number of hydrogen-bond donors (Lipinski definition) is 1. The van der Waals surface area contributed by atoms with E-state index < -0.39 is 59.6 Å². The standard InChI is InChI=1S/C24H31N5O7/c1-12(2)21(30)33-9-16-18(34-22(31)13(3)4)19(35-23(32)14(5)6)24(10-25,36-16)17-8-7-15-20(26)27-11-28-29(15)17/h7-8,11-14,16,18-19H,9H2,1-6H3,(H2,26,27,28)/t16-,18-,19-,24+/m1/s1/i7D. The quantitative estimate of drug-likeness (QED) is 0.412. The Bertz CT molecular complexity index is 1240. The molecule has 2 N–H and O–H groups in total. The fourth-order valence-electron chi connectivity index (χ4n) is 3.58. The molecule has 0 unspecified atom stereocenters. The van der Waals surface area contributed by atoms with Crippen molar-refractivity contribution in [3.05, 3.63) is 24.1 Å². The molecule has 2 aromatic heterocycles. The predicted molar refractivity (Wildman–Crippen MR) is 125 cm³/mol. The maximum atomic E-state index is 12.8. The molecule has 3 rings (SSSR count). The molecule has 4 atom stereocenters. The third-order valence-corrected chi connectivity index (χ3v) is 5.64. The van der Waals surface area contributed by atoms with Gasteiger partial charge in [-0.1, -0.05) is 41.5 Å². The van der Waals surface area contributed by atoms with Crippen LogP contribution in [0.4, 0.5) is 5.82 Å². The van der Waals surface area contributed by atoms with E-state index in [2.05, 4.69) is 10.1 Å². The average molecular weight is 503 g/mol. The van der Waals surface area contributed by atoms with Gasteiger partial charge < -0.3 is 24.7 Å². The topological polar surface area (TPSA) is 168 Å². The molecule has 3 heterocycles. The number of esters is 3. The summed E-state index contributed by atoms with van der Waals surface area (Å²) in [7, 11) is 0. The molecule has 194 valence electrons. The van der Waals surface area contributed by atoms with Gasteiger partial charge >= 0.3 is 17.9 Å². The first-order valence-corrected chi connectivity index (χ1v) is 11.6. The van der Waals surface area contributed by atoms with Gasteiger partial charge in [-0.05, 0) is 12.1 Å². The van der Waals surface area contributed by atoms with Crippen molar-refractivity contribution < 1.29 is 34.7 Å². The molecule has 1 aliphatic heterocycles. The van der Waals surface area contributed by atoms with E-state index >= 15 is 0 Å². The maximum Gasteiger partial charge on any atom is 0.308 e.